The molecule has 4 N–H and O–H groups in total. The molecule has 0 saturated carbocycles. The maximum absolute atomic E-state index is 12.7. The number of carbonyl (C=O) groups excluding carboxylic acids is 2. The SMILES string of the molecule is CC/C=C/C=C/C=C/C=C/CCCCCC(=O)OC(COC(=O)CCCC/C=C/C/C=C/C/C=C/C/C=C/C/C=C/C/C=C/CC)CO[C@H]1O[C@@H](CO)[C@@H](O)C(O)C1O. The van der Waals surface area contributed by atoms with Crippen LogP contribution >= 0.6 is 0 Å². The van der Waals surface area contributed by atoms with E-state index in [1.165, 1.54) is 0 Å². The fraction of sp³-hybridized carbons (Fsp3) is 0.551. The molecule has 10 nitrogen and oxygen atoms in total. The Morgan fingerprint density at radius 2 is 1.03 bits per heavy atom. The highest BCUT2D eigenvalue weighted by Gasteiger charge is 2.44. The summed E-state index contributed by atoms with van der Waals surface area (Å²) >= 11 is 0. The average molecular weight is 823 g/mol. The number of unbranched alkanes of at least 4 members (excludes halogenated alkanes) is 5. The van der Waals surface area contributed by atoms with Gasteiger partial charge in [-0.05, 0) is 83.5 Å². The van der Waals surface area contributed by atoms with Crippen LogP contribution in [0.15, 0.2) is 122 Å². The number of allylic oxidation sites excluding steroid dienone is 20. The molecular weight excluding hydrogens is 749 g/mol. The van der Waals surface area contributed by atoms with Crippen molar-refractivity contribution in [1.82, 2.24) is 0 Å². The fourth-order valence-corrected chi connectivity index (χ4v) is 5.55. The van der Waals surface area contributed by atoms with Gasteiger partial charge in [0.05, 0.1) is 13.2 Å². The highest BCUT2D eigenvalue weighted by Crippen LogP contribution is 2.22. The zero-order valence-electron chi connectivity index (χ0n) is 35.7. The van der Waals surface area contributed by atoms with Gasteiger partial charge in [-0.2, -0.15) is 0 Å². The van der Waals surface area contributed by atoms with E-state index < -0.39 is 55.4 Å². The molecule has 0 aromatic rings. The first-order valence-electron chi connectivity index (χ1n) is 21.7. The average Bonchev–Trinajstić information content (AvgIpc) is 3.23. The van der Waals surface area contributed by atoms with Gasteiger partial charge in [-0.15, -0.1) is 0 Å². The molecule has 0 aliphatic carbocycles. The van der Waals surface area contributed by atoms with Gasteiger partial charge in [0.2, 0.25) is 0 Å². The molecule has 1 rings (SSSR count). The van der Waals surface area contributed by atoms with Gasteiger partial charge < -0.3 is 39.4 Å². The van der Waals surface area contributed by atoms with Gasteiger partial charge in [0.1, 0.15) is 31.0 Å². The fourth-order valence-electron chi connectivity index (χ4n) is 5.55. The van der Waals surface area contributed by atoms with Crippen molar-refractivity contribution in [3.8, 4) is 0 Å². The Bertz CT molecular complexity index is 1370. The number of rotatable bonds is 33. The van der Waals surface area contributed by atoms with Gasteiger partial charge in [-0.3, -0.25) is 9.59 Å². The van der Waals surface area contributed by atoms with E-state index in [1.54, 1.807) is 0 Å². The van der Waals surface area contributed by atoms with E-state index in [1.807, 2.05) is 36.5 Å². The van der Waals surface area contributed by atoms with Gasteiger partial charge in [0.15, 0.2) is 12.4 Å². The zero-order chi connectivity index (χ0) is 43.0. The van der Waals surface area contributed by atoms with Crippen LogP contribution in [0.25, 0.3) is 0 Å². The van der Waals surface area contributed by atoms with Crippen molar-refractivity contribution in [2.24, 2.45) is 0 Å². The molecular formula is C49H74O10. The van der Waals surface area contributed by atoms with Crippen molar-refractivity contribution in [2.75, 3.05) is 19.8 Å². The number of carbonyl (C=O) groups is 2. The van der Waals surface area contributed by atoms with Gasteiger partial charge >= 0.3 is 11.9 Å². The lowest BCUT2D eigenvalue weighted by molar-refractivity contribution is -0.305. The molecule has 0 radical (unpaired) electrons. The second-order valence-corrected chi connectivity index (χ2v) is 14.1. The lowest BCUT2D eigenvalue weighted by Gasteiger charge is -2.39. The lowest BCUT2D eigenvalue weighted by Crippen LogP contribution is -2.59. The van der Waals surface area contributed by atoms with E-state index in [4.69, 9.17) is 18.9 Å². The Hall–Kier alpha value is -3.90. The summed E-state index contributed by atoms with van der Waals surface area (Å²) in [7, 11) is 0. The van der Waals surface area contributed by atoms with Crippen LogP contribution in [0.1, 0.15) is 117 Å². The maximum atomic E-state index is 12.7. The Kier molecular flexibility index (Phi) is 34.5. The second kappa shape index (κ2) is 38.3. The van der Waals surface area contributed by atoms with E-state index in [0.29, 0.717) is 12.8 Å². The molecule has 1 saturated heterocycles. The van der Waals surface area contributed by atoms with Gasteiger partial charge in [-0.1, -0.05) is 142 Å². The standard InChI is InChI=1S/C49H74O10/c1-3-5-7-9-11-13-15-17-18-19-20-21-22-23-24-26-27-29-31-33-35-37-44(51)56-40-42(41-57-49-48(55)47(54)46(53)43(39-50)59-49)58-45(52)38-36-34-32-30-28-25-16-14-12-10-8-6-4-2/h5-8,10-14,16-18,20-21,23-25,27-29,42-43,46-50,53-55H,3-4,9,15,19,22,26,30-41H2,1-2H3/b7-5+,8-6+,12-10+,13-11+,16-14+,18-17+,21-20+,24-23+,28-25+,29-27+/t42?,43-,46+,47?,48?,49-/m0/s1. The van der Waals surface area contributed by atoms with E-state index in [9.17, 15) is 30.0 Å². The Balaban J connectivity index is 2.40. The van der Waals surface area contributed by atoms with E-state index >= 15 is 0 Å². The molecule has 0 aromatic carbocycles. The summed E-state index contributed by atoms with van der Waals surface area (Å²) in [4.78, 5) is 25.3. The van der Waals surface area contributed by atoms with Crippen LogP contribution < -0.4 is 0 Å². The van der Waals surface area contributed by atoms with Gasteiger partial charge in [-0.25, -0.2) is 0 Å². The topological polar surface area (TPSA) is 152 Å². The summed E-state index contributed by atoms with van der Waals surface area (Å²) < 4.78 is 22.0. The van der Waals surface area contributed by atoms with E-state index in [-0.39, 0.29) is 26.1 Å². The molecule has 10 heteroatoms. The molecule has 6 atom stereocenters. The number of aliphatic hydroxyl groups excluding tert-OH is 4. The predicted octanol–water partition coefficient (Wildman–Crippen LogP) is 9.10. The summed E-state index contributed by atoms with van der Waals surface area (Å²) in [6.45, 7) is 3.04. The summed E-state index contributed by atoms with van der Waals surface area (Å²) in [5.74, 6) is -0.920. The molecule has 1 aliphatic heterocycles. The first-order chi connectivity index (χ1) is 28.8. The maximum Gasteiger partial charge on any atom is 0.306 e. The third kappa shape index (κ3) is 29.9. The number of hydrogen-bond donors (Lipinski definition) is 4. The summed E-state index contributed by atoms with van der Waals surface area (Å²) in [6, 6.07) is 0. The number of aliphatic hydroxyl groups is 4. The zero-order valence-corrected chi connectivity index (χ0v) is 35.7. The molecule has 0 bridgehead atoms. The second-order valence-electron chi connectivity index (χ2n) is 14.1. The van der Waals surface area contributed by atoms with Crippen LogP contribution in [0.2, 0.25) is 0 Å². The first-order valence-corrected chi connectivity index (χ1v) is 21.7. The molecule has 1 fully saturated rings. The molecule has 0 aromatic heterocycles. The highest BCUT2D eigenvalue weighted by atomic mass is 16.7. The monoisotopic (exact) mass is 823 g/mol. The normalized spacial score (nSPS) is 21.2. The minimum Gasteiger partial charge on any atom is -0.462 e. The van der Waals surface area contributed by atoms with Crippen LogP contribution in [-0.2, 0) is 28.5 Å². The van der Waals surface area contributed by atoms with Gasteiger partial charge in [0, 0.05) is 12.8 Å². The first kappa shape index (κ1) is 53.1. The van der Waals surface area contributed by atoms with Crippen molar-refractivity contribution in [1.29, 1.82) is 0 Å². The largest absolute Gasteiger partial charge is 0.462 e. The highest BCUT2D eigenvalue weighted by molar-refractivity contribution is 5.70. The van der Waals surface area contributed by atoms with Crippen molar-refractivity contribution in [3.63, 3.8) is 0 Å². The molecule has 0 amide bonds. The minimum atomic E-state index is -1.62. The van der Waals surface area contributed by atoms with Crippen LogP contribution in [0.5, 0.6) is 0 Å². The minimum absolute atomic E-state index is 0.165. The Morgan fingerprint density at radius 1 is 0.542 bits per heavy atom. The van der Waals surface area contributed by atoms with Crippen molar-refractivity contribution < 1.29 is 49.0 Å². The summed E-state index contributed by atoms with van der Waals surface area (Å²) in [5, 5.41) is 40.0. The number of ether oxygens (including phenoxy) is 4. The quantitative estimate of drug-likeness (QED) is 0.0218. The smallest absolute Gasteiger partial charge is 0.306 e. The Morgan fingerprint density at radius 3 is 1.63 bits per heavy atom. The molecule has 59 heavy (non-hydrogen) atoms. The molecule has 3 unspecified atom stereocenters. The summed E-state index contributed by atoms with van der Waals surface area (Å²) in [5.41, 5.74) is 0. The van der Waals surface area contributed by atoms with Crippen molar-refractivity contribution in [2.45, 2.75) is 153 Å². The number of hydrogen-bond acceptors (Lipinski definition) is 10. The molecule has 0 spiro atoms. The van der Waals surface area contributed by atoms with Crippen molar-refractivity contribution in [3.05, 3.63) is 122 Å². The van der Waals surface area contributed by atoms with Crippen LogP contribution in [0, 0.1) is 0 Å². The lowest BCUT2D eigenvalue weighted by atomic mass is 9.99. The van der Waals surface area contributed by atoms with E-state index in [0.717, 1.165) is 77.0 Å². The predicted molar refractivity (Wildman–Crippen MR) is 237 cm³/mol. The molecule has 1 aliphatic rings. The van der Waals surface area contributed by atoms with Crippen LogP contribution in [0.4, 0.5) is 0 Å². The molecule has 1 heterocycles. The third-order valence-electron chi connectivity index (χ3n) is 8.94. The van der Waals surface area contributed by atoms with Crippen LogP contribution in [0.3, 0.4) is 0 Å². The van der Waals surface area contributed by atoms with E-state index in [2.05, 4.69) is 98.9 Å². The molecule has 330 valence electrons. The third-order valence-corrected chi connectivity index (χ3v) is 8.94. The van der Waals surface area contributed by atoms with Gasteiger partial charge in [0.25, 0.3) is 0 Å². The summed E-state index contributed by atoms with van der Waals surface area (Å²) in [6.07, 6.45) is 46.4. The van der Waals surface area contributed by atoms with Crippen LogP contribution in [-0.4, -0.2) is 89.0 Å². The Labute approximate surface area is 354 Å². The van der Waals surface area contributed by atoms with Crippen molar-refractivity contribution >= 4 is 11.9 Å². The number of esters is 2.